The number of rotatable bonds is 8. The van der Waals surface area contributed by atoms with Crippen LogP contribution in [0.1, 0.15) is 40.5 Å². The van der Waals surface area contributed by atoms with E-state index in [9.17, 15) is 9.59 Å². The summed E-state index contributed by atoms with van der Waals surface area (Å²) in [5.41, 5.74) is 2.63. The number of aromatic nitrogens is 1. The van der Waals surface area contributed by atoms with E-state index in [1.165, 1.54) is 16.9 Å². The van der Waals surface area contributed by atoms with Crippen LogP contribution in [0, 0.1) is 6.92 Å². The van der Waals surface area contributed by atoms with Gasteiger partial charge in [-0.15, -0.1) is 11.3 Å². The Hall–Kier alpha value is -2.90. The summed E-state index contributed by atoms with van der Waals surface area (Å²) in [7, 11) is 0. The Bertz CT molecular complexity index is 1060. The van der Waals surface area contributed by atoms with E-state index in [0.717, 1.165) is 10.8 Å². The third-order valence-corrected chi connectivity index (χ3v) is 5.45. The third-order valence-electron chi connectivity index (χ3n) is 4.25. The monoisotopic (exact) mass is 457 g/mol. The quantitative estimate of drug-likeness (QED) is 0.498. The van der Waals surface area contributed by atoms with Crippen molar-refractivity contribution in [1.29, 1.82) is 0 Å². The van der Waals surface area contributed by atoms with Gasteiger partial charge in [0.1, 0.15) is 17.4 Å². The van der Waals surface area contributed by atoms with Gasteiger partial charge >= 0.3 is 0 Å². The normalized spacial score (nSPS) is 10.7. The highest BCUT2D eigenvalue weighted by molar-refractivity contribution is 7.09. The Morgan fingerprint density at radius 2 is 1.90 bits per heavy atom. The Morgan fingerprint density at radius 1 is 1.16 bits per heavy atom. The van der Waals surface area contributed by atoms with E-state index in [1.54, 1.807) is 18.2 Å². The van der Waals surface area contributed by atoms with Crippen molar-refractivity contribution in [3.63, 3.8) is 0 Å². The van der Waals surface area contributed by atoms with Crippen molar-refractivity contribution in [3.8, 4) is 5.75 Å². The molecule has 3 aromatic rings. The molecule has 0 bridgehead atoms. The van der Waals surface area contributed by atoms with E-state index >= 15 is 0 Å². The van der Waals surface area contributed by atoms with Gasteiger partial charge in [-0.1, -0.05) is 29.3 Å². The van der Waals surface area contributed by atoms with Crippen molar-refractivity contribution in [3.05, 3.63) is 74.7 Å². The first-order valence-corrected chi connectivity index (χ1v) is 11.1. The molecule has 0 saturated heterocycles. The average molecular weight is 458 g/mol. The summed E-state index contributed by atoms with van der Waals surface area (Å²) < 4.78 is 5.73. The van der Waals surface area contributed by atoms with E-state index < -0.39 is 0 Å². The van der Waals surface area contributed by atoms with Crippen LogP contribution in [-0.4, -0.2) is 22.8 Å². The Labute approximate surface area is 190 Å². The predicted molar refractivity (Wildman–Crippen MR) is 124 cm³/mol. The maximum Gasteiger partial charge on any atom is 0.251 e. The lowest BCUT2D eigenvalue weighted by Gasteiger charge is -2.11. The minimum Gasteiger partial charge on any atom is -0.486 e. The molecule has 6 nitrogen and oxygen atoms in total. The van der Waals surface area contributed by atoms with E-state index in [4.69, 9.17) is 16.3 Å². The Morgan fingerprint density at radius 3 is 2.61 bits per heavy atom. The van der Waals surface area contributed by atoms with E-state index in [1.807, 2.05) is 50.4 Å². The SMILES string of the molecule is Cc1ccc(OCc2nc(CC(=O)Nc3cc(C(=O)NC(C)C)ccc3Cl)cs2)cc1. The van der Waals surface area contributed by atoms with E-state index in [0.29, 0.717) is 28.6 Å². The molecule has 162 valence electrons. The zero-order valence-corrected chi connectivity index (χ0v) is 19.1. The molecule has 0 aliphatic heterocycles. The molecule has 2 amide bonds. The first kappa shape index (κ1) is 22.8. The average Bonchev–Trinajstić information content (AvgIpc) is 3.15. The topological polar surface area (TPSA) is 80.3 Å². The molecule has 31 heavy (non-hydrogen) atoms. The van der Waals surface area contributed by atoms with Crippen LogP contribution >= 0.6 is 22.9 Å². The molecule has 1 heterocycles. The van der Waals surface area contributed by atoms with Crippen molar-refractivity contribution >= 4 is 40.4 Å². The zero-order chi connectivity index (χ0) is 22.4. The second kappa shape index (κ2) is 10.4. The number of halogens is 1. The molecular weight excluding hydrogens is 434 g/mol. The van der Waals surface area contributed by atoms with Gasteiger partial charge in [0.25, 0.3) is 5.91 Å². The number of hydrogen-bond acceptors (Lipinski definition) is 5. The van der Waals surface area contributed by atoms with Gasteiger partial charge in [0, 0.05) is 17.0 Å². The summed E-state index contributed by atoms with van der Waals surface area (Å²) in [6.45, 7) is 6.12. The van der Waals surface area contributed by atoms with Gasteiger partial charge in [-0.2, -0.15) is 0 Å². The minimum atomic E-state index is -0.264. The molecular formula is C23H24ClN3O3S. The maximum absolute atomic E-state index is 12.5. The number of carbonyl (C=O) groups excluding carboxylic acids is 2. The predicted octanol–water partition coefficient (Wildman–Crippen LogP) is 5.00. The number of aryl methyl sites for hydroxylation is 1. The maximum atomic E-state index is 12.5. The van der Waals surface area contributed by atoms with Crippen LogP contribution < -0.4 is 15.4 Å². The largest absolute Gasteiger partial charge is 0.486 e. The number of nitrogens with zero attached hydrogens (tertiary/aromatic N) is 1. The van der Waals surface area contributed by atoms with Crippen LogP contribution in [0.5, 0.6) is 5.75 Å². The first-order valence-electron chi connectivity index (χ1n) is 9.83. The number of ether oxygens (including phenoxy) is 1. The molecule has 0 aliphatic rings. The molecule has 0 unspecified atom stereocenters. The smallest absolute Gasteiger partial charge is 0.251 e. The van der Waals surface area contributed by atoms with Crippen LogP contribution in [0.4, 0.5) is 5.69 Å². The summed E-state index contributed by atoms with van der Waals surface area (Å²) >= 11 is 7.63. The number of nitrogens with one attached hydrogen (secondary N) is 2. The fraction of sp³-hybridized carbons (Fsp3) is 0.261. The summed E-state index contributed by atoms with van der Waals surface area (Å²) in [4.78, 5) is 29.1. The van der Waals surface area contributed by atoms with Crippen molar-refractivity contribution < 1.29 is 14.3 Å². The molecule has 0 radical (unpaired) electrons. The summed E-state index contributed by atoms with van der Waals surface area (Å²) in [5.74, 6) is 0.288. The number of thiazole rings is 1. The zero-order valence-electron chi connectivity index (χ0n) is 17.6. The molecule has 8 heteroatoms. The van der Waals surface area contributed by atoms with Crippen molar-refractivity contribution in [2.75, 3.05) is 5.32 Å². The Kier molecular flexibility index (Phi) is 7.65. The molecule has 2 aromatic carbocycles. The van der Waals surface area contributed by atoms with Crippen LogP contribution in [-0.2, 0) is 17.8 Å². The standard InChI is InChI=1S/C23H24ClN3O3S/c1-14(2)25-23(29)16-6-9-19(24)20(10-16)27-21(28)11-17-13-31-22(26-17)12-30-18-7-4-15(3)5-8-18/h4-10,13-14H,11-12H2,1-3H3,(H,25,29)(H,27,28). The van der Waals surface area contributed by atoms with Crippen LogP contribution in [0.15, 0.2) is 47.8 Å². The molecule has 0 spiro atoms. The van der Waals surface area contributed by atoms with Gasteiger partial charge in [0.05, 0.1) is 22.8 Å². The molecule has 0 fully saturated rings. The molecule has 2 N–H and O–H groups in total. The number of anilines is 1. The fourth-order valence-corrected chi connectivity index (χ4v) is 3.61. The van der Waals surface area contributed by atoms with Crippen molar-refractivity contribution in [1.82, 2.24) is 10.3 Å². The summed E-state index contributed by atoms with van der Waals surface area (Å²) in [6, 6.07) is 12.6. The summed E-state index contributed by atoms with van der Waals surface area (Å²) in [6.07, 6.45) is 0.0970. The van der Waals surface area contributed by atoms with Crippen LogP contribution in [0.2, 0.25) is 5.02 Å². The number of hydrogen-bond donors (Lipinski definition) is 2. The molecule has 0 aliphatic carbocycles. The number of amides is 2. The lowest BCUT2D eigenvalue weighted by molar-refractivity contribution is -0.115. The highest BCUT2D eigenvalue weighted by Gasteiger charge is 2.13. The number of carbonyl (C=O) groups is 2. The lowest BCUT2D eigenvalue weighted by atomic mass is 10.1. The van der Waals surface area contributed by atoms with Crippen molar-refractivity contribution in [2.24, 2.45) is 0 Å². The van der Waals surface area contributed by atoms with Gasteiger partial charge in [0.2, 0.25) is 5.91 Å². The highest BCUT2D eigenvalue weighted by Crippen LogP contribution is 2.24. The highest BCUT2D eigenvalue weighted by atomic mass is 35.5. The van der Waals surface area contributed by atoms with Gasteiger partial charge in [0.15, 0.2) is 0 Å². The first-order chi connectivity index (χ1) is 14.8. The van der Waals surface area contributed by atoms with Gasteiger partial charge in [-0.3, -0.25) is 9.59 Å². The lowest BCUT2D eigenvalue weighted by Crippen LogP contribution is -2.30. The molecule has 0 atom stereocenters. The van der Waals surface area contributed by atoms with Gasteiger partial charge in [-0.05, 0) is 51.1 Å². The summed E-state index contributed by atoms with van der Waals surface area (Å²) in [5, 5.41) is 8.56. The van der Waals surface area contributed by atoms with Gasteiger partial charge < -0.3 is 15.4 Å². The molecule has 3 rings (SSSR count). The fourth-order valence-electron chi connectivity index (χ4n) is 2.74. The van der Waals surface area contributed by atoms with Gasteiger partial charge in [-0.25, -0.2) is 4.98 Å². The molecule has 0 saturated carbocycles. The van der Waals surface area contributed by atoms with Crippen LogP contribution in [0.25, 0.3) is 0 Å². The van der Waals surface area contributed by atoms with E-state index in [-0.39, 0.29) is 24.3 Å². The molecule has 1 aromatic heterocycles. The van der Waals surface area contributed by atoms with Crippen LogP contribution in [0.3, 0.4) is 0 Å². The second-order valence-electron chi connectivity index (χ2n) is 7.38. The number of benzene rings is 2. The van der Waals surface area contributed by atoms with E-state index in [2.05, 4.69) is 15.6 Å². The second-order valence-corrected chi connectivity index (χ2v) is 8.73. The van der Waals surface area contributed by atoms with Crippen molar-refractivity contribution in [2.45, 2.75) is 39.8 Å². The minimum absolute atomic E-state index is 0.00932. The Balaban J connectivity index is 1.57. The third kappa shape index (κ3) is 6.80.